The summed E-state index contributed by atoms with van der Waals surface area (Å²) < 4.78 is 16.7. The molecule has 1 aliphatic rings. The Labute approximate surface area is 180 Å². The fourth-order valence-electron chi connectivity index (χ4n) is 2.97. The van der Waals surface area contributed by atoms with Gasteiger partial charge in [-0.2, -0.15) is 0 Å². The minimum atomic E-state index is -0.231. The lowest BCUT2D eigenvalue weighted by Crippen LogP contribution is -2.26. The zero-order valence-corrected chi connectivity index (χ0v) is 17.6. The summed E-state index contributed by atoms with van der Waals surface area (Å²) in [6, 6.07) is 10.4. The van der Waals surface area contributed by atoms with Crippen molar-refractivity contribution in [2.75, 3.05) is 31.7 Å². The molecule has 2 aromatic carbocycles. The Morgan fingerprint density at radius 1 is 1.13 bits per heavy atom. The topological polar surface area (TPSA) is 85.9 Å². The Kier molecular flexibility index (Phi) is 7.79. The maximum Gasteiger partial charge on any atom is 0.255 e. The van der Waals surface area contributed by atoms with Crippen molar-refractivity contribution in [3.63, 3.8) is 0 Å². The van der Waals surface area contributed by atoms with Crippen LogP contribution in [-0.4, -0.2) is 38.2 Å². The quantitative estimate of drug-likeness (QED) is 0.614. The highest BCUT2D eigenvalue weighted by atomic mass is 35.5. The lowest BCUT2D eigenvalue weighted by atomic mass is 10.2. The summed E-state index contributed by atoms with van der Waals surface area (Å²) in [5.74, 6) is 1.25. The van der Waals surface area contributed by atoms with Crippen molar-refractivity contribution in [2.45, 2.75) is 26.2 Å². The van der Waals surface area contributed by atoms with Gasteiger partial charge >= 0.3 is 0 Å². The molecular formula is C22H25ClN2O5. The predicted molar refractivity (Wildman–Crippen MR) is 115 cm³/mol. The van der Waals surface area contributed by atoms with E-state index in [1.807, 2.05) is 13.0 Å². The molecule has 2 N–H and O–H groups in total. The number of rotatable bonds is 8. The Morgan fingerprint density at radius 3 is 2.63 bits per heavy atom. The number of hydrogen-bond acceptors (Lipinski definition) is 5. The van der Waals surface area contributed by atoms with Crippen molar-refractivity contribution in [2.24, 2.45) is 0 Å². The first-order valence-corrected chi connectivity index (χ1v) is 10.3. The number of nitrogens with one attached hydrogen (secondary N) is 2. The van der Waals surface area contributed by atoms with Crippen LogP contribution in [0, 0.1) is 0 Å². The van der Waals surface area contributed by atoms with Crippen LogP contribution in [0.1, 0.15) is 36.5 Å². The summed E-state index contributed by atoms with van der Waals surface area (Å²) in [4.78, 5) is 24.6. The number of fused-ring (bicyclic) bond motifs is 1. The van der Waals surface area contributed by atoms with Crippen LogP contribution in [0.15, 0.2) is 36.4 Å². The van der Waals surface area contributed by atoms with E-state index in [0.717, 1.165) is 6.42 Å². The molecule has 0 spiro atoms. The number of ether oxygens (including phenoxy) is 3. The molecule has 0 radical (unpaired) electrons. The maximum atomic E-state index is 12.4. The molecule has 160 valence electrons. The minimum absolute atomic E-state index is 0.199. The molecule has 2 aromatic rings. The molecule has 8 heteroatoms. The maximum absolute atomic E-state index is 12.4. The van der Waals surface area contributed by atoms with E-state index in [0.29, 0.717) is 66.3 Å². The van der Waals surface area contributed by atoms with E-state index in [9.17, 15) is 9.59 Å². The molecule has 0 saturated carbocycles. The van der Waals surface area contributed by atoms with Gasteiger partial charge in [0.1, 0.15) is 5.75 Å². The van der Waals surface area contributed by atoms with E-state index < -0.39 is 0 Å². The standard InChI is InChI=1S/C22H25ClN2O5/c1-2-28-18-8-4-3-7-15(18)22(27)24-10-5-9-21(26)25-17-14-20-19(13-16(17)23)29-11-6-12-30-20/h3-4,7-8,13-14H,2,5-6,9-12H2,1H3,(H,24,27)(H,25,26). The molecule has 0 bridgehead atoms. The highest BCUT2D eigenvalue weighted by molar-refractivity contribution is 6.34. The van der Waals surface area contributed by atoms with Crippen LogP contribution in [-0.2, 0) is 4.79 Å². The lowest BCUT2D eigenvalue weighted by molar-refractivity contribution is -0.116. The molecule has 30 heavy (non-hydrogen) atoms. The summed E-state index contributed by atoms with van der Waals surface area (Å²) >= 11 is 6.25. The van der Waals surface area contributed by atoms with Gasteiger partial charge in [0.05, 0.1) is 36.1 Å². The van der Waals surface area contributed by atoms with E-state index in [-0.39, 0.29) is 18.2 Å². The molecule has 0 aliphatic carbocycles. The molecule has 1 heterocycles. The average Bonchev–Trinajstić information content (AvgIpc) is 2.97. The Morgan fingerprint density at radius 2 is 1.87 bits per heavy atom. The fraction of sp³-hybridized carbons (Fsp3) is 0.364. The van der Waals surface area contributed by atoms with Crippen LogP contribution in [0.3, 0.4) is 0 Å². The van der Waals surface area contributed by atoms with Crippen LogP contribution in [0.25, 0.3) is 0 Å². The molecule has 3 rings (SSSR count). The highest BCUT2D eigenvalue weighted by Gasteiger charge is 2.16. The SMILES string of the molecule is CCOc1ccccc1C(=O)NCCCC(=O)Nc1cc2c(cc1Cl)OCCCO2. The van der Waals surface area contributed by atoms with Crippen LogP contribution in [0.4, 0.5) is 5.69 Å². The largest absolute Gasteiger partial charge is 0.493 e. The normalized spacial score (nSPS) is 12.6. The molecule has 0 aromatic heterocycles. The number of anilines is 1. The Hall–Kier alpha value is -2.93. The molecule has 1 aliphatic heterocycles. The molecule has 0 saturated heterocycles. The van der Waals surface area contributed by atoms with Gasteiger partial charge in [-0.05, 0) is 25.5 Å². The Bertz CT molecular complexity index is 903. The van der Waals surface area contributed by atoms with Gasteiger partial charge in [0.2, 0.25) is 5.91 Å². The third-order valence-electron chi connectivity index (χ3n) is 4.41. The smallest absolute Gasteiger partial charge is 0.255 e. The summed E-state index contributed by atoms with van der Waals surface area (Å²) in [7, 11) is 0. The summed E-state index contributed by atoms with van der Waals surface area (Å²) in [6.45, 7) is 3.82. The number of amides is 2. The summed E-state index contributed by atoms with van der Waals surface area (Å²) in [5, 5.41) is 5.98. The summed E-state index contributed by atoms with van der Waals surface area (Å²) in [6.07, 6.45) is 1.50. The second-order valence-corrected chi connectivity index (χ2v) is 7.07. The number of hydrogen-bond donors (Lipinski definition) is 2. The number of benzene rings is 2. The van der Waals surface area contributed by atoms with Crippen LogP contribution < -0.4 is 24.8 Å². The van der Waals surface area contributed by atoms with Gasteiger partial charge in [-0.15, -0.1) is 0 Å². The van der Waals surface area contributed by atoms with Crippen LogP contribution in [0.5, 0.6) is 17.2 Å². The predicted octanol–water partition coefficient (Wildman–Crippen LogP) is 4.05. The van der Waals surface area contributed by atoms with Gasteiger partial charge in [-0.1, -0.05) is 23.7 Å². The summed E-state index contributed by atoms with van der Waals surface area (Å²) in [5.41, 5.74) is 0.948. The Balaban J connectivity index is 1.48. The fourth-order valence-corrected chi connectivity index (χ4v) is 3.17. The first-order chi connectivity index (χ1) is 14.6. The van der Waals surface area contributed by atoms with Crippen molar-refractivity contribution in [3.8, 4) is 17.2 Å². The minimum Gasteiger partial charge on any atom is -0.493 e. The van der Waals surface area contributed by atoms with E-state index in [2.05, 4.69) is 10.6 Å². The monoisotopic (exact) mass is 432 g/mol. The van der Waals surface area contributed by atoms with Crippen molar-refractivity contribution in [3.05, 3.63) is 47.0 Å². The van der Waals surface area contributed by atoms with Gasteiger partial charge in [0, 0.05) is 31.5 Å². The first kappa shape index (κ1) is 21.8. The highest BCUT2D eigenvalue weighted by Crippen LogP contribution is 2.37. The van der Waals surface area contributed by atoms with Gasteiger partial charge in [0.15, 0.2) is 11.5 Å². The molecule has 2 amide bonds. The lowest BCUT2D eigenvalue weighted by Gasteiger charge is -2.13. The number of para-hydroxylation sites is 1. The first-order valence-electron chi connectivity index (χ1n) is 9.97. The van der Waals surface area contributed by atoms with Gasteiger partial charge in [0.25, 0.3) is 5.91 Å². The van der Waals surface area contributed by atoms with Gasteiger partial charge < -0.3 is 24.8 Å². The van der Waals surface area contributed by atoms with Crippen molar-refractivity contribution < 1.29 is 23.8 Å². The van der Waals surface area contributed by atoms with E-state index >= 15 is 0 Å². The molecule has 7 nitrogen and oxygen atoms in total. The van der Waals surface area contributed by atoms with E-state index in [4.69, 9.17) is 25.8 Å². The van der Waals surface area contributed by atoms with E-state index in [1.54, 1.807) is 30.3 Å². The van der Waals surface area contributed by atoms with Gasteiger partial charge in [-0.3, -0.25) is 9.59 Å². The van der Waals surface area contributed by atoms with Crippen molar-refractivity contribution in [1.82, 2.24) is 5.32 Å². The van der Waals surface area contributed by atoms with E-state index in [1.165, 1.54) is 0 Å². The van der Waals surface area contributed by atoms with Crippen molar-refractivity contribution in [1.29, 1.82) is 0 Å². The third-order valence-corrected chi connectivity index (χ3v) is 4.72. The van der Waals surface area contributed by atoms with Gasteiger partial charge in [-0.25, -0.2) is 0 Å². The third kappa shape index (κ3) is 5.79. The van der Waals surface area contributed by atoms with Crippen molar-refractivity contribution >= 4 is 29.1 Å². The second kappa shape index (κ2) is 10.7. The second-order valence-electron chi connectivity index (χ2n) is 6.67. The molecular weight excluding hydrogens is 408 g/mol. The average molecular weight is 433 g/mol. The van der Waals surface area contributed by atoms with Crippen LogP contribution in [0.2, 0.25) is 5.02 Å². The number of halogens is 1. The molecule has 0 fully saturated rings. The number of carbonyl (C=O) groups excluding carboxylic acids is 2. The number of carbonyl (C=O) groups is 2. The molecule has 0 unspecified atom stereocenters. The zero-order chi connectivity index (χ0) is 21.3. The molecule has 0 atom stereocenters. The zero-order valence-electron chi connectivity index (χ0n) is 16.8. The van der Waals surface area contributed by atoms with Crippen LogP contribution >= 0.6 is 11.6 Å².